The highest BCUT2D eigenvalue weighted by Gasteiger charge is 2.34. The van der Waals surface area contributed by atoms with Gasteiger partial charge in [-0.3, -0.25) is 4.79 Å². The van der Waals surface area contributed by atoms with Gasteiger partial charge in [-0.15, -0.1) is 0 Å². The number of benzene rings is 1. The Morgan fingerprint density at radius 1 is 1.12 bits per heavy atom. The van der Waals surface area contributed by atoms with Crippen LogP contribution < -0.4 is 10.2 Å². The molecule has 41 heavy (non-hydrogen) atoms. The average molecular weight is 584 g/mol. The van der Waals surface area contributed by atoms with Crippen molar-refractivity contribution in [3.8, 4) is 0 Å². The van der Waals surface area contributed by atoms with Crippen molar-refractivity contribution in [1.29, 1.82) is 0 Å². The SMILES string of the molecule is COC1COCCC1NC1CCN(C(=O)c2nc(C(F)F)nc(N3CCc4ccc(C(F)(F)F)cc4C3)c2C)CC1. The lowest BCUT2D eigenvalue weighted by molar-refractivity contribution is -0.137. The van der Waals surface area contributed by atoms with Gasteiger partial charge in [0, 0.05) is 57.5 Å². The third-order valence-electron chi connectivity index (χ3n) is 8.22. The second-order valence-corrected chi connectivity index (χ2v) is 10.8. The Hall–Kier alpha value is -2.90. The number of piperidine rings is 1. The van der Waals surface area contributed by atoms with Gasteiger partial charge in [0.05, 0.1) is 18.3 Å². The number of fused-ring (bicyclic) bond motifs is 1. The molecule has 0 saturated carbocycles. The first-order valence-corrected chi connectivity index (χ1v) is 13.8. The summed E-state index contributed by atoms with van der Waals surface area (Å²) in [5.74, 6) is -1.09. The lowest BCUT2D eigenvalue weighted by atomic mass is 9.96. The number of nitrogens with zero attached hydrogens (tertiary/aromatic N) is 4. The van der Waals surface area contributed by atoms with Gasteiger partial charge in [0.25, 0.3) is 12.3 Å². The van der Waals surface area contributed by atoms with Crippen LogP contribution in [0.5, 0.6) is 0 Å². The Bertz CT molecular complexity index is 1250. The molecule has 4 heterocycles. The fourth-order valence-electron chi connectivity index (χ4n) is 5.89. The molecule has 2 atom stereocenters. The van der Waals surface area contributed by atoms with Crippen molar-refractivity contribution in [2.45, 2.75) is 69.9 Å². The summed E-state index contributed by atoms with van der Waals surface area (Å²) in [6.07, 6.45) is -4.94. The molecule has 0 bridgehead atoms. The number of halogens is 5. The number of hydrogen-bond donors (Lipinski definition) is 1. The van der Waals surface area contributed by atoms with Gasteiger partial charge in [-0.25, -0.2) is 18.7 Å². The molecule has 8 nitrogen and oxygen atoms in total. The van der Waals surface area contributed by atoms with Crippen LogP contribution >= 0.6 is 0 Å². The molecule has 3 aliphatic rings. The van der Waals surface area contributed by atoms with E-state index in [1.54, 1.807) is 23.8 Å². The predicted molar refractivity (Wildman–Crippen MR) is 140 cm³/mol. The Balaban J connectivity index is 1.32. The molecule has 13 heteroatoms. The van der Waals surface area contributed by atoms with Crippen LogP contribution in [0.3, 0.4) is 0 Å². The quantitative estimate of drug-likeness (QED) is 0.508. The van der Waals surface area contributed by atoms with Crippen molar-refractivity contribution in [1.82, 2.24) is 20.2 Å². The van der Waals surface area contributed by atoms with E-state index >= 15 is 0 Å². The second kappa shape index (κ2) is 12.1. The first kappa shape index (κ1) is 29.6. The highest BCUT2D eigenvalue weighted by atomic mass is 19.4. The predicted octanol–water partition coefficient (Wildman–Crippen LogP) is 4.30. The second-order valence-electron chi connectivity index (χ2n) is 10.8. The number of anilines is 1. The van der Waals surface area contributed by atoms with Crippen molar-refractivity contribution in [3.63, 3.8) is 0 Å². The number of hydrogen-bond acceptors (Lipinski definition) is 7. The molecule has 0 aliphatic carbocycles. The van der Waals surface area contributed by atoms with Gasteiger partial charge in [0.1, 0.15) is 11.5 Å². The Labute approximate surface area is 235 Å². The van der Waals surface area contributed by atoms with Crippen molar-refractivity contribution in [3.05, 3.63) is 52.0 Å². The van der Waals surface area contributed by atoms with E-state index in [2.05, 4.69) is 15.3 Å². The number of likely N-dealkylation sites (tertiary alicyclic amines) is 1. The van der Waals surface area contributed by atoms with Crippen LogP contribution in [0.2, 0.25) is 0 Å². The summed E-state index contributed by atoms with van der Waals surface area (Å²) in [4.78, 5) is 24.8. The van der Waals surface area contributed by atoms with Crippen molar-refractivity contribution in [2.24, 2.45) is 0 Å². The zero-order valence-corrected chi connectivity index (χ0v) is 23.0. The van der Waals surface area contributed by atoms with E-state index in [1.165, 1.54) is 6.07 Å². The molecule has 1 N–H and O–H groups in total. The summed E-state index contributed by atoms with van der Waals surface area (Å²) in [6, 6.07) is 3.93. The van der Waals surface area contributed by atoms with E-state index in [4.69, 9.17) is 9.47 Å². The van der Waals surface area contributed by atoms with Gasteiger partial charge in [-0.2, -0.15) is 13.2 Å². The van der Waals surface area contributed by atoms with Gasteiger partial charge >= 0.3 is 6.18 Å². The smallest absolute Gasteiger partial charge is 0.379 e. The third kappa shape index (κ3) is 6.46. The number of amides is 1. The lowest BCUT2D eigenvalue weighted by Crippen LogP contribution is -2.54. The highest BCUT2D eigenvalue weighted by Crippen LogP contribution is 2.34. The minimum absolute atomic E-state index is 0.0416. The number of carbonyl (C=O) groups excluding carboxylic acids is 1. The molecular formula is C28H34F5N5O3. The minimum Gasteiger partial charge on any atom is -0.379 e. The van der Waals surface area contributed by atoms with Crippen LogP contribution in [0.4, 0.5) is 27.8 Å². The third-order valence-corrected chi connectivity index (χ3v) is 8.22. The first-order chi connectivity index (χ1) is 19.5. The van der Waals surface area contributed by atoms with Gasteiger partial charge in [-0.1, -0.05) is 6.07 Å². The summed E-state index contributed by atoms with van der Waals surface area (Å²) in [6.45, 7) is 4.05. The molecule has 3 aliphatic heterocycles. The first-order valence-electron chi connectivity index (χ1n) is 13.8. The monoisotopic (exact) mass is 583 g/mol. The summed E-state index contributed by atoms with van der Waals surface area (Å²) in [5.41, 5.74) is 0.676. The van der Waals surface area contributed by atoms with Gasteiger partial charge < -0.3 is 24.6 Å². The number of nitrogens with one attached hydrogen (secondary N) is 1. The van der Waals surface area contributed by atoms with E-state index in [0.29, 0.717) is 63.2 Å². The van der Waals surface area contributed by atoms with Crippen LogP contribution in [0, 0.1) is 6.92 Å². The molecule has 1 aromatic heterocycles. The molecule has 2 aromatic rings. The van der Waals surface area contributed by atoms with E-state index < -0.39 is 29.9 Å². The van der Waals surface area contributed by atoms with Crippen LogP contribution in [-0.4, -0.2) is 78.9 Å². The zero-order valence-electron chi connectivity index (χ0n) is 23.0. The standard InChI is InChI=1S/C28H34F5N5O3/c1-16-23(27(39)37-10-6-20(7-11-37)34-21-8-12-41-15-22(21)40-2)35-25(24(29)30)36-26(16)38-9-5-17-3-4-19(28(31,32)33)13-18(17)14-38/h3-4,13,20-22,24,34H,5-12,14-15H2,1-2H3. The molecule has 5 rings (SSSR count). The molecule has 2 saturated heterocycles. The number of rotatable bonds is 6. The minimum atomic E-state index is -4.50. The van der Waals surface area contributed by atoms with Crippen molar-refractivity contribution >= 4 is 11.7 Å². The maximum atomic E-state index is 13.9. The van der Waals surface area contributed by atoms with Gasteiger partial charge in [-0.05, 0) is 55.9 Å². The summed E-state index contributed by atoms with van der Waals surface area (Å²) in [7, 11) is 1.66. The van der Waals surface area contributed by atoms with E-state index in [1.807, 2.05) is 0 Å². The van der Waals surface area contributed by atoms with Crippen molar-refractivity contribution in [2.75, 3.05) is 44.9 Å². The van der Waals surface area contributed by atoms with E-state index in [9.17, 15) is 26.7 Å². The number of aromatic nitrogens is 2. The number of ether oxygens (including phenoxy) is 2. The highest BCUT2D eigenvalue weighted by molar-refractivity contribution is 5.95. The Kier molecular flexibility index (Phi) is 8.76. The largest absolute Gasteiger partial charge is 0.416 e. The molecule has 224 valence electrons. The summed E-state index contributed by atoms with van der Waals surface area (Å²) in [5, 5.41) is 3.62. The lowest BCUT2D eigenvalue weighted by Gasteiger charge is -2.38. The molecule has 2 fully saturated rings. The molecule has 1 amide bonds. The van der Waals surface area contributed by atoms with Gasteiger partial charge in [0.2, 0.25) is 0 Å². The summed E-state index contributed by atoms with van der Waals surface area (Å²) < 4.78 is 78.7. The fourth-order valence-corrected chi connectivity index (χ4v) is 5.89. The molecule has 0 radical (unpaired) electrons. The number of carbonyl (C=O) groups is 1. The normalized spacial score (nSPS) is 22.2. The maximum Gasteiger partial charge on any atom is 0.416 e. The van der Waals surface area contributed by atoms with E-state index in [0.717, 1.165) is 24.1 Å². The molecule has 0 spiro atoms. The molecular weight excluding hydrogens is 549 g/mol. The van der Waals surface area contributed by atoms with E-state index in [-0.39, 0.29) is 36.2 Å². The zero-order chi connectivity index (χ0) is 29.3. The van der Waals surface area contributed by atoms with Crippen LogP contribution in [-0.2, 0) is 28.6 Å². The molecule has 2 unspecified atom stereocenters. The topological polar surface area (TPSA) is 79.8 Å². The maximum absolute atomic E-state index is 13.9. The van der Waals surface area contributed by atoms with Gasteiger partial charge in [0.15, 0.2) is 5.82 Å². The Morgan fingerprint density at radius 2 is 1.88 bits per heavy atom. The van der Waals surface area contributed by atoms with Crippen LogP contribution in [0.15, 0.2) is 18.2 Å². The summed E-state index contributed by atoms with van der Waals surface area (Å²) >= 11 is 0. The van der Waals surface area contributed by atoms with Crippen LogP contribution in [0.1, 0.15) is 64.3 Å². The van der Waals surface area contributed by atoms with Crippen LogP contribution in [0.25, 0.3) is 0 Å². The number of methoxy groups -OCH3 is 1. The fraction of sp³-hybridized carbons (Fsp3) is 0.607. The number of alkyl halides is 5. The average Bonchev–Trinajstić information content (AvgIpc) is 2.96. The Morgan fingerprint density at radius 3 is 2.56 bits per heavy atom. The van der Waals surface area contributed by atoms with Crippen molar-refractivity contribution < 1.29 is 36.2 Å². The molecule has 1 aromatic carbocycles.